The van der Waals surface area contributed by atoms with Gasteiger partial charge in [-0.15, -0.1) is 0 Å². The Hall–Kier alpha value is -1.67. The van der Waals surface area contributed by atoms with Crippen LogP contribution in [-0.4, -0.2) is 28.3 Å². The van der Waals surface area contributed by atoms with E-state index in [0.29, 0.717) is 36.3 Å². The molecule has 180 valence electrons. The molecule has 0 unspecified atom stereocenters. The number of hydrogen-bond donors (Lipinski definition) is 1. The fourth-order valence-electron chi connectivity index (χ4n) is 7.13. The van der Waals surface area contributed by atoms with E-state index in [4.69, 9.17) is 24.3 Å². The summed E-state index contributed by atoms with van der Waals surface area (Å²) in [6, 6.07) is 7.74. The van der Waals surface area contributed by atoms with Gasteiger partial charge >= 0.3 is 5.97 Å². The Morgan fingerprint density at radius 1 is 0.909 bits per heavy atom. The molecule has 1 aliphatic heterocycles. The average molecular weight is 459 g/mol. The zero-order valence-electron chi connectivity index (χ0n) is 19.5. The minimum atomic E-state index is -1.26. The number of rotatable bonds is 4. The van der Waals surface area contributed by atoms with Crippen LogP contribution < -0.4 is 4.74 Å². The quantitative estimate of drug-likeness (QED) is 0.609. The summed E-state index contributed by atoms with van der Waals surface area (Å²) >= 11 is 0. The van der Waals surface area contributed by atoms with E-state index in [1.54, 1.807) is 13.8 Å². The van der Waals surface area contributed by atoms with Gasteiger partial charge in [-0.1, -0.05) is 12.1 Å². The highest BCUT2D eigenvalue weighted by Gasteiger charge is 2.64. The molecule has 0 atom stereocenters. The lowest BCUT2D eigenvalue weighted by molar-refractivity contribution is -0.680. The Morgan fingerprint density at radius 3 is 1.97 bits per heavy atom. The van der Waals surface area contributed by atoms with Gasteiger partial charge in [0, 0.05) is 24.7 Å². The predicted octanol–water partition coefficient (Wildman–Crippen LogP) is 5.34. The van der Waals surface area contributed by atoms with E-state index in [2.05, 4.69) is 0 Å². The largest absolute Gasteiger partial charge is 0.478 e. The maximum atomic E-state index is 11.3. The van der Waals surface area contributed by atoms with E-state index in [-0.39, 0.29) is 0 Å². The molecule has 2 spiro atoms. The zero-order valence-corrected chi connectivity index (χ0v) is 19.5. The third-order valence-corrected chi connectivity index (χ3v) is 8.91. The van der Waals surface area contributed by atoms with Gasteiger partial charge in [0.15, 0.2) is 5.60 Å². The van der Waals surface area contributed by atoms with Crippen LogP contribution in [0.25, 0.3) is 0 Å². The Balaban J connectivity index is 1.06. The molecule has 1 aromatic rings. The van der Waals surface area contributed by atoms with Crippen molar-refractivity contribution in [2.24, 2.45) is 23.7 Å². The molecule has 1 saturated heterocycles. The number of hydrogen-bond acceptors (Lipinski definition) is 6. The van der Waals surface area contributed by atoms with E-state index in [9.17, 15) is 9.90 Å². The van der Waals surface area contributed by atoms with Crippen molar-refractivity contribution in [3.05, 3.63) is 29.8 Å². The molecule has 1 N–H and O–H groups in total. The van der Waals surface area contributed by atoms with Gasteiger partial charge in [0.25, 0.3) is 0 Å². The van der Waals surface area contributed by atoms with Gasteiger partial charge in [0.2, 0.25) is 11.6 Å². The monoisotopic (exact) mass is 458 g/mol. The summed E-state index contributed by atoms with van der Waals surface area (Å²) < 4.78 is 5.62. The fourth-order valence-corrected chi connectivity index (χ4v) is 7.13. The normalized spacial score (nSPS) is 42.1. The van der Waals surface area contributed by atoms with Crippen molar-refractivity contribution in [1.29, 1.82) is 0 Å². The summed E-state index contributed by atoms with van der Waals surface area (Å²) in [5, 5.41) is 9.25. The Morgan fingerprint density at radius 2 is 1.45 bits per heavy atom. The van der Waals surface area contributed by atoms with Crippen molar-refractivity contribution >= 4 is 5.97 Å². The maximum absolute atomic E-state index is 11.3. The van der Waals surface area contributed by atoms with E-state index in [0.717, 1.165) is 50.4 Å². The molecule has 0 amide bonds. The van der Waals surface area contributed by atoms with Crippen LogP contribution in [0.15, 0.2) is 24.3 Å². The van der Waals surface area contributed by atoms with Gasteiger partial charge in [-0.3, -0.25) is 0 Å². The van der Waals surface area contributed by atoms with Crippen molar-refractivity contribution in [2.75, 3.05) is 0 Å². The summed E-state index contributed by atoms with van der Waals surface area (Å²) in [4.78, 5) is 35.7. The van der Waals surface area contributed by atoms with Crippen LogP contribution in [0.5, 0.6) is 5.75 Å². The molecule has 7 heteroatoms. The summed E-state index contributed by atoms with van der Waals surface area (Å²) in [6.07, 6.45) is 9.25. The van der Waals surface area contributed by atoms with Gasteiger partial charge in [0.05, 0.1) is 0 Å². The van der Waals surface area contributed by atoms with Gasteiger partial charge in [-0.25, -0.2) is 4.79 Å². The van der Waals surface area contributed by atoms with Crippen molar-refractivity contribution in [2.45, 2.75) is 94.7 Å². The Bertz CT molecular complexity index is 860. The average Bonchev–Trinajstić information content (AvgIpc) is 2.79. The second kappa shape index (κ2) is 7.67. The molecule has 7 rings (SSSR count). The van der Waals surface area contributed by atoms with Crippen molar-refractivity contribution in [3.63, 3.8) is 0 Å². The molecule has 1 heterocycles. The second-order valence-corrected chi connectivity index (χ2v) is 11.5. The molecule has 1 aromatic carbocycles. The standard InChI is InChI=1S/C26H34O7/c1-24(2,23(27)28)29-22-5-3-18(4-6-22)19-7-9-25(10-8-19)30-32-26(33-31-25)20-12-16-11-17(14-20)15-21(26)13-16/h3-6,16-17,19-21H,7-15H2,1-2H3,(H,27,28). The number of carboxylic acids is 1. The summed E-state index contributed by atoms with van der Waals surface area (Å²) in [5.74, 6) is 0.842. The minimum Gasteiger partial charge on any atom is -0.478 e. The van der Waals surface area contributed by atoms with Crippen LogP contribution in [0.1, 0.15) is 83.1 Å². The van der Waals surface area contributed by atoms with Crippen molar-refractivity contribution in [1.82, 2.24) is 0 Å². The molecule has 33 heavy (non-hydrogen) atoms. The first-order valence-electron chi connectivity index (χ1n) is 12.5. The summed E-state index contributed by atoms with van der Waals surface area (Å²) in [5.41, 5.74) is -0.0521. The van der Waals surface area contributed by atoms with Gasteiger partial charge in [0.1, 0.15) is 5.75 Å². The molecule has 6 aliphatic rings. The van der Waals surface area contributed by atoms with Crippen LogP contribution in [0.4, 0.5) is 0 Å². The topological polar surface area (TPSA) is 83.5 Å². The molecule has 0 radical (unpaired) electrons. The molecular weight excluding hydrogens is 424 g/mol. The van der Waals surface area contributed by atoms with Gasteiger partial charge in [-0.05, 0) is 94.2 Å². The number of carboxylic acid groups (broad SMARTS) is 1. The molecule has 4 bridgehead atoms. The van der Waals surface area contributed by atoms with Crippen LogP contribution in [0.3, 0.4) is 0 Å². The number of ether oxygens (including phenoxy) is 1. The van der Waals surface area contributed by atoms with Crippen molar-refractivity contribution in [3.8, 4) is 5.75 Å². The molecule has 0 aromatic heterocycles. The Labute approximate surface area is 194 Å². The predicted molar refractivity (Wildman–Crippen MR) is 117 cm³/mol. The van der Waals surface area contributed by atoms with E-state index >= 15 is 0 Å². The lowest BCUT2D eigenvalue weighted by Crippen LogP contribution is -2.64. The van der Waals surface area contributed by atoms with Crippen LogP contribution in [-0.2, 0) is 24.3 Å². The molecule has 5 aliphatic carbocycles. The lowest BCUT2D eigenvalue weighted by atomic mass is 9.53. The van der Waals surface area contributed by atoms with E-state index in [1.165, 1.54) is 12.0 Å². The van der Waals surface area contributed by atoms with Gasteiger partial charge in [-0.2, -0.15) is 19.6 Å². The molecule has 6 fully saturated rings. The number of carbonyl (C=O) groups is 1. The highest BCUT2D eigenvalue weighted by Crippen LogP contribution is 2.62. The number of aliphatic carboxylic acids is 1. The zero-order chi connectivity index (χ0) is 22.8. The third-order valence-electron chi connectivity index (χ3n) is 8.91. The van der Waals surface area contributed by atoms with Crippen LogP contribution in [0, 0.1) is 23.7 Å². The van der Waals surface area contributed by atoms with Crippen LogP contribution in [0.2, 0.25) is 0 Å². The second-order valence-electron chi connectivity index (χ2n) is 11.5. The Kier molecular flexibility index (Phi) is 5.07. The highest BCUT2D eigenvalue weighted by molar-refractivity contribution is 5.76. The minimum absolute atomic E-state index is 0.376. The highest BCUT2D eigenvalue weighted by atomic mass is 17.4. The first-order valence-corrected chi connectivity index (χ1v) is 12.5. The maximum Gasteiger partial charge on any atom is 0.347 e. The SMILES string of the molecule is CC(C)(Oc1ccc(C2CCC3(CC2)OOC2(OO3)C3CC4CC(C3)CC2C4)cc1)C(=O)O. The first-order chi connectivity index (χ1) is 15.8. The van der Waals surface area contributed by atoms with E-state index < -0.39 is 23.1 Å². The smallest absolute Gasteiger partial charge is 0.347 e. The third kappa shape index (κ3) is 3.68. The van der Waals surface area contributed by atoms with Gasteiger partial charge < -0.3 is 9.84 Å². The fraction of sp³-hybridized carbons (Fsp3) is 0.731. The number of benzene rings is 1. The first kappa shape index (κ1) is 21.8. The molecule has 5 saturated carbocycles. The molecule has 7 nitrogen and oxygen atoms in total. The lowest BCUT2D eigenvalue weighted by Gasteiger charge is -2.60. The van der Waals surface area contributed by atoms with Crippen LogP contribution >= 0.6 is 0 Å². The summed E-state index contributed by atoms with van der Waals surface area (Å²) in [6.45, 7) is 3.09. The molecular formula is C26H34O7. The van der Waals surface area contributed by atoms with Crippen molar-refractivity contribution < 1.29 is 34.2 Å². The van der Waals surface area contributed by atoms with E-state index in [1.807, 2.05) is 24.3 Å². The summed E-state index contributed by atoms with van der Waals surface area (Å²) in [7, 11) is 0.